The first-order valence-electron chi connectivity index (χ1n) is 8.55. The number of nitrogens with zero attached hydrogens (tertiary/aromatic N) is 4. The second kappa shape index (κ2) is 6.84. The lowest BCUT2D eigenvalue weighted by Gasteiger charge is -2.19. The van der Waals surface area contributed by atoms with Crippen LogP contribution in [-0.2, 0) is 14.1 Å². The molecule has 0 aliphatic carbocycles. The van der Waals surface area contributed by atoms with E-state index < -0.39 is 10.8 Å². The van der Waals surface area contributed by atoms with Gasteiger partial charge in [0.15, 0.2) is 0 Å². The van der Waals surface area contributed by atoms with Crippen LogP contribution in [0.25, 0.3) is 11.0 Å². The summed E-state index contributed by atoms with van der Waals surface area (Å²) in [5.41, 5.74) is 3.01. The van der Waals surface area contributed by atoms with Crippen LogP contribution in [0.5, 0.6) is 0 Å². The number of carbonyl (C=O) groups excluding carboxylic acids is 1. The summed E-state index contributed by atoms with van der Waals surface area (Å²) >= 11 is 0. The number of nitro benzene ring substituents is 1. The van der Waals surface area contributed by atoms with Crippen LogP contribution < -0.4 is 15.9 Å². The summed E-state index contributed by atoms with van der Waals surface area (Å²) in [5, 5.41) is 14.0. The molecule has 0 aliphatic rings. The Labute approximate surface area is 160 Å². The van der Waals surface area contributed by atoms with Gasteiger partial charge in [0.2, 0.25) is 0 Å². The number of fused-ring (bicyclic) bond motifs is 1. The lowest BCUT2D eigenvalue weighted by atomic mass is 10.1. The van der Waals surface area contributed by atoms with E-state index in [4.69, 9.17) is 0 Å². The fourth-order valence-corrected chi connectivity index (χ4v) is 3.15. The van der Waals surface area contributed by atoms with Gasteiger partial charge in [0.1, 0.15) is 0 Å². The van der Waals surface area contributed by atoms with Crippen molar-refractivity contribution in [3.8, 4) is 0 Å². The minimum atomic E-state index is -0.511. The van der Waals surface area contributed by atoms with E-state index in [1.165, 1.54) is 15.2 Å². The lowest BCUT2D eigenvalue weighted by Crippen LogP contribution is -2.19. The van der Waals surface area contributed by atoms with Crippen LogP contribution >= 0.6 is 0 Å². The molecule has 3 rings (SSSR count). The Kier molecular flexibility index (Phi) is 4.68. The summed E-state index contributed by atoms with van der Waals surface area (Å²) in [4.78, 5) is 37.4. The number of anilines is 2. The molecule has 0 radical (unpaired) electrons. The van der Waals surface area contributed by atoms with Crippen LogP contribution in [0.2, 0.25) is 0 Å². The Morgan fingerprint density at radius 1 is 1.11 bits per heavy atom. The highest BCUT2D eigenvalue weighted by molar-refractivity contribution is 6.07. The van der Waals surface area contributed by atoms with Crippen molar-refractivity contribution in [1.82, 2.24) is 9.13 Å². The highest BCUT2D eigenvalue weighted by Crippen LogP contribution is 2.30. The van der Waals surface area contributed by atoms with Gasteiger partial charge >= 0.3 is 5.69 Å². The minimum Gasteiger partial charge on any atom is -0.376 e. The summed E-state index contributed by atoms with van der Waals surface area (Å²) in [6, 6.07) is 7.90. The maximum absolute atomic E-state index is 12.7. The second-order valence-corrected chi connectivity index (χ2v) is 6.87. The molecule has 9 heteroatoms. The van der Waals surface area contributed by atoms with E-state index in [1.54, 1.807) is 39.2 Å². The van der Waals surface area contributed by atoms with Crippen LogP contribution in [0.1, 0.15) is 15.9 Å². The Morgan fingerprint density at radius 2 is 1.71 bits per heavy atom. The second-order valence-electron chi connectivity index (χ2n) is 6.87. The number of carbonyl (C=O) groups is 1. The SMILES string of the molecule is Cc1ccc(C(=O)Nc2cc3c(cc2N(C)C)n(C)c(=O)n3C)cc1[N+](=O)[O-]. The number of aromatic nitrogens is 2. The van der Waals surface area contributed by atoms with Gasteiger partial charge in [0.25, 0.3) is 11.6 Å². The summed E-state index contributed by atoms with van der Waals surface area (Å²) < 4.78 is 3.04. The largest absolute Gasteiger partial charge is 0.376 e. The molecule has 3 aromatic rings. The summed E-state index contributed by atoms with van der Waals surface area (Å²) in [6.07, 6.45) is 0. The number of nitrogens with one attached hydrogen (secondary N) is 1. The highest BCUT2D eigenvalue weighted by atomic mass is 16.6. The van der Waals surface area contributed by atoms with E-state index in [0.29, 0.717) is 22.5 Å². The van der Waals surface area contributed by atoms with Crippen LogP contribution in [0.3, 0.4) is 0 Å². The number of rotatable bonds is 4. The zero-order valence-electron chi connectivity index (χ0n) is 16.3. The van der Waals surface area contributed by atoms with Gasteiger partial charge in [-0.2, -0.15) is 0 Å². The quantitative estimate of drug-likeness (QED) is 0.551. The van der Waals surface area contributed by atoms with Gasteiger partial charge in [-0.15, -0.1) is 0 Å². The molecule has 0 unspecified atom stereocenters. The average molecular weight is 383 g/mol. The fraction of sp³-hybridized carbons (Fsp3) is 0.263. The number of imidazole rings is 1. The smallest absolute Gasteiger partial charge is 0.328 e. The molecule has 2 aromatic carbocycles. The van der Waals surface area contributed by atoms with Crippen molar-refractivity contribution >= 4 is 34.0 Å². The van der Waals surface area contributed by atoms with Crippen LogP contribution in [0.4, 0.5) is 17.1 Å². The molecule has 9 nitrogen and oxygen atoms in total. The maximum Gasteiger partial charge on any atom is 0.328 e. The van der Waals surface area contributed by atoms with Crippen molar-refractivity contribution < 1.29 is 9.72 Å². The molecule has 0 aliphatic heterocycles. The Bertz CT molecular complexity index is 1170. The van der Waals surface area contributed by atoms with E-state index in [9.17, 15) is 19.7 Å². The number of aryl methyl sites for hydroxylation is 3. The zero-order chi connectivity index (χ0) is 20.7. The molecule has 0 bridgehead atoms. The van der Waals surface area contributed by atoms with Crippen molar-refractivity contribution in [2.75, 3.05) is 24.3 Å². The van der Waals surface area contributed by atoms with Gasteiger partial charge in [-0.1, -0.05) is 6.07 Å². The minimum absolute atomic E-state index is 0.110. The zero-order valence-corrected chi connectivity index (χ0v) is 16.3. The molecule has 0 fully saturated rings. The van der Waals surface area contributed by atoms with Gasteiger partial charge in [0.05, 0.1) is 27.3 Å². The molecular weight excluding hydrogens is 362 g/mol. The molecular formula is C19H21N5O4. The molecule has 28 heavy (non-hydrogen) atoms. The van der Waals surface area contributed by atoms with E-state index >= 15 is 0 Å². The number of hydrogen-bond donors (Lipinski definition) is 1. The fourth-order valence-electron chi connectivity index (χ4n) is 3.15. The van der Waals surface area contributed by atoms with E-state index in [-0.39, 0.29) is 16.9 Å². The van der Waals surface area contributed by atoms with Crippen LogP contribution in [-0.4, -0.2) is 34.1 Å². The number of nitro groups is 1. The molecule has 1 amide bonds. The molecule has 0 saturated heterocycles. The van der Waals surface area contributed by atoms with Crippen molar-refractivity contribution in [2.24, 2.45) is 14.1 Å². The van der Waals surface area contributed by atoms with E-state index in [2.05, 4.69) is 5.32 Å². The summed E-state index contributed by atoms with van der Waals surface area (Å²) in [5.74, 6) is -0.466. The third-order valence-corrected chi connectivity index (χ3v) is 4.79. The van der Waals surface area contributed by atoms with E-state index in [0.717, 1.165) is 5.52 Å². The first-order valence-corrected chi connectivity index (χ1v) is 8.55. The van der Waals surface area contributed by atoms with Crippen LogP contribution in [0.15, 0.2) is 35.1 Å². The molecule has 0 spiro atoms. The number of benzene rings is 2. The summed E-state index contributed by atoms with van der Waals surface area (Å²) in [6.45, 7) is 1.62. The van der Waals surface area contributed by atoms with Crippen molar-refractivity contribution in [1.29, 1.82) is 0 Å². The van der Waals surface area contributed by atoms with Gasteiger partial charge in [-0.05, 0) is 25.1 Å². The van der Waals surface area contributed by atoms with Crippen molar-refractivity contribution in [3.05, 3.63) is 62.1 Å². The Hall–Kier alpha value is -3.62. The maximum atomic E-state index is 12.7. The topological polar surface area (TPSA) is 102 Å². The third-order valence-electron chi connectivity index (χ3n) is 4.79. The first-order chi connectivity index (χ1) is 13.1. The number of hydrogen-bond acceptors (Lipinski definition) is 5. The Morgan fingerprint density at radius 3 is 2.29 bits per heavy atom. The van der Waals surface area contributed by atoms with Crippen molar-refractivity contribution in [3.63, 3.8) is 0 Å². The normalized spacial score (nSPS) is 10.9. The van der Waals surface area contributed by atoms with Gasteiger partial charge in [0, 0.05) is 45.4 Å². The lowest BCUT2D eigenvalue weighted by molar-refractivity contribution is -0.385. The third kappa shape index (κ3) is 3.11. The highest BCUT2D eigenvalue weighted by Gasteiger charge is 2.18. The van der Waals surface area contributed by atoms with Gasteiger partial charge in [-0.25, -0.2) is 4.79 Å². The first kappa shape index (κ1) is 19.2. The monoisotopic (exact) mass is 383 g/mol. The van der Waals surface area contributed by atoms with Gasteiger partial charge in [-0.3, -0.25) is 24.0 Å². The number of amides is 1. The molecule has 0 atom stereocenters. The van der Waals surface area contributed by atoms with Crippen LogP contribution in [0, 0.1) is 17.0 Å². The summed E-state index contributed by atoms with van der Waals surface area (Å²) in [7, 11) is 7.01. The predicted molar refractivity (Wildman–Crippen MR) is 108 cm³/mol. The molecule has 1 N–H and O–H groups in total. The average Bonchev–Trinajstić information content (AvgIpc) is 2.85. The molecule has 146 valence electrons. The molecule has 1 aromatic heterocycles. The standard InChI is InChI=1S/C19H21N5O4/c1-11-6-7-12(8-14(11)24(27)28)18(25)20-13-9-16-17(10-15(13)21(2)3)23(5)19(26)22(16)4/h6-10H,1-5H3,(H,20,25). The predicted octanol–water partition coefficient (Wildman–Crippen LogP) is 2.41. The van der Waals surface area contributed by atoms with Crippen molar-refractivity contribution in [2.45, 2.75) is 6.92 Å². The van der Waals surface area contributed by atoms with E-state index in [1.807, 2.05) is 25.1 Å². The van der Waals surface area contributed by atoms with Gasteiger partial charge < -0.3 is 10.2 Å². The molecule has 1 heterocycles. The molecule has 0 saturated carbocycles. The Balaban J connectivity index is 2.08.